The molecule has 0 saturated heterocycles. The number of nitrogens with zero attached hydrogens (tertiary/aromatic N) is 2. The van der Waals surface area contributed by atoms with Crippen LogP contribution in [-0.2, 0) is 0 Å². The topological polar surface area (TPSA) is 73.1 Å². The van der Waals surface area contributed by atoms with Gasteiger partial charge in [0.15, 0.2) is 0 Å². The minimum Gasteiger partial charge on any atom is -0.496 e. The average Bonchev–Trinajstić information content (AvgIpc) is 2.89. The lowest BCUT2D eigenvalue weighted by Crippen LogP contribution is -2.29. The molecule has 3 N–H and O–H groups in total. The van der Waals surface area contributed by atoms with E-state index in [1.165, 1.54) is 5.56 Å². The Hall–Kier alpha value is -1.50. The number of rotatable bonds is 4. The van der Waals surface area contributed by atoms with Gasteiger partial charge < -0.3 is 4.74 Å². The summed E-state index contributed by atoms with van der Waals surface area (Å²) in [7, 11) is 1.66. The Morgan fingerprint density at radius 2 is 2.17 bits per heavy atom. The highest BCUT2D eigenvalue weighted by atomic mass is 32.1. The molecule has 0 saturated carbocycles. The lowest BCUT2D eigenvalue weighted by atomic mass is 9.98. The van der Waals surface area contributed by atoms with Crippen molar-refractivity contribution in [2.24, 2.45) is 5.84 Å². The van der Waals surface area contributed by atoms with Crippen LogP contribution in [0.15, 0.2) is 18.3 Å². The number of nitrogens with two attached hydrogens (primary N) is 1. The van der Waals surface area contributed by atoms with Crippen molar-refractivity contribution in [1.29, 1.82) is 0 Å². The summed E-state index contributed by atoms with van der Waals surface area (Å²) in [5.41, 5.74) is 6.82. The van der Waals surface area contributed by atoms with E-state index in [1.54, 1.807) is 13.3 Å². The molecular formula is C12H16N4OS. The first-order chi connectivity index (χ1) is 8.69. The lowest BCUT2D eigenvalue weighted by Gasteiger charge is -2.19. The van der Waals surface area contributed by atoms with Crippen molar-refractivity contribution in [3.63, 3.8) is 0 Å². The van der Waals surface area contributed by atoms with Crippen LogP contribution in [0.5, 0.6) is 5.75 Å². The first-order valence-corrected chi connectivity index (χ1v) is 6.29. The molecule has 1 atom stereocenters. The van der Waals surface area contributed by atoms with Crippen LogP contribution in [0, 0.1) is 13.8 Å². The molecule has 1 heterocycles. The first-order valence-electron chi connectivity index (χ1n) is 5.56. The number of aromatic nitrogens is 2. The van der Waals surface area contributed by atoms with Crippen LogP contribution in [-0.4, -0.2) is 15.9 Å². The van der Waals surface area contributed by atoms with E-state index in [4.69, 9.17) is 10.6 Å². The summed E-state index contributed by atoms with van der Waals surface area (Å²) in [5, 5.41) is 0. The van der Waals surface area contributed by atoms with Gasteiger partial charge in [-0.05, 0) is 25.0 Å². The van der Waals surface area contributed by atoms with Crippen LogP contribution in [0.2, 0.25) is 0 Å². The third-order valence-corrected chi connectivity index (χ3v) is 3.56. The maximum atomic E-state index is 5.64. The number of benzene rings is 1. The predicted molar refractivity (Wildman–Crippen MR) is 71.5 cm³/mol. The van der Waals surface area contributed by atoms with Gasteiger partial charge in [0.05, 0.1) is 36.8 Å². The SMILES string of the molecule is COc1c(C(NN)c2cnsn2)ccc(C)c1C. The Bertz CT molecular complexity index is 527. The molecule has 0 spiro atoms. The Kier molecular flexibility index (Phi) is 3.90. The third-order valence-electron chi connectivity index (χ3n) is 3.06. The maximum absolute atomic E-state index is 5.64. The summed E-state index contributed by atoms with van der Waals surface area (Å²) in [6.07, 6.45) is 1.71. The van der Waals surface area contributed by atoms with Crippen LogP contribution in [0.4, 0.5) is 0 Å². The number of ether oxygens (including phenoxy) is 1. The number of hydrogen-bond donors (Lipinski definition) is 2. The zero-order valence-electron chi connectivity index (χ0n) is 10.6. The summed E-state index contributed by atoms with van der Waals surface area (Å²) < 4.78 is 13.7. The van der Waals surface area contributed by atoms with Crippen molar-refractivity contribution in [2.45, 2.75) is 19.9 Å². The lowest BCUT2D eigenvalue weighted by molar-refractivity contribution is 0.400. The van der Waals surface area contributed by atoms with Gasteiger partial charge in [-0.3, -0.25) is 5.84 Å². The molecule has 6 heteroatoms. The number of aryl methyl sites for hydroxylation is 1. The molecule has 2 rings (SSSR count). The van der Waals surface area contributed by atoms with Crippen LogP contribution >= 0.6 is 11.7 Å². The van der Waals surface area contributed by atoms with Gasteiger partial charge in [0, 0.05) is 5.56 Å². The number of hydrazine groups is 1. The second-order valence-corrected chi connectivity index (χ2v) is 4.62. The van der Waals surface area contributed by atoms with E-state index in [2.05, 4.69) is 27.2 Å². The Morgan fingerprint density at radius 3 is 2.72 bits per heavy atom. The summed E-state index contributed by atoms with van der Waals surface area (Å²) in [6.45, 7) is 4.08. The number of hydrogen-bond acceptors (Lipinski definition) is 6. The minimum atomic E-state index is -0.210. The molecular weight excluding hydrogens is 248 g/mol. The zero-order valence-corrected chi connectivity index (χ0v) is 11.4. The van der Waals surface area contributed by atoms with Crippen molar-refractivity contribution in [1.82, 2.24) is 14.2 Å². The van der Waals surface area contributed by atoms with E-state index >= 15 is 0 Å². The predicted octanol–water partition coefficient (Wildman–Crippen LogP) is 1.72. The summed E-state index contributed by atoms with van der Waals surface area (Å²) >= 11 is 1.16. The molecule has 0 aliphatic rings. The molecule has 0 fully saturated rings. The van der Waals surface area contributed by atoms with Gasteiger partial charge in [-0.2, -0.15) is 8.75 Å². The quantitative estimate of drug-likeness (QED) is 0.649. The normalized spacial score (nSPS) is 12.4. The van der Waals surface area contributed by atoms with Crippen molar-refractivity contribution < 1.29 is 4.74 Å². The van der Waals surface area contributed by atoms with Crippen LogP contribution in [0.3, 0.4) is 0 Å². The van der Waals surface area contributed by atoms with Gasteiger partial charge in [0.1, 0.15) is 5.75 Å². The fourth-order valence-corrected chi connectivity index (χ4v) is 2.39. The summed E-state index contributed by atoms with van der Waals surface area (Å²) in [4.78, 5) is 0. The monoisotopic (exact) mass is 264 g/mol. The fraction of sp³-hybridized carbons (Fsp3) is 0.333. The standard InChI is InChI=1S/C12H16N4OS/c1-7-4-5-9(12(17-3)8(7)2)11(15-13)10-6-14-18-16-10/h4-6,11,15H,13H2,1-3H3. The van der Waals surface area contributed by atoms with Crippen molar-refractivity contribution in [3.05, 3.63) is 40.7 Å². The second-order valence-electron chi connectivity index (χ2n) is 4.06. The molecule has 0 aliphatic carbocycles. The van der Waals surface area contributed by atoms with Gasteiger partial charge in [-0.1, -0.05) is 12.1 Å². The highest BCUT2D eigenvalue weighted by Gasteiger charge is 2.21. The molecule has 1 unspecified atom stereocenters. The van der Waals surface area contributed by atoms with Gasteiger partial charge in [0.2, 0.25) is 0 Å². The molecule has 0 amide bonds. The van der Waals surface area contributed by atoms with Crippen LogP contribution in [0.25, 0.3) is 0 Å². The first kappa shape index (κ1) is 12.9. The van der Waals surface area contributed by atoms with Gasteiger partial charge in [-0.25, -0.2) is 5.43 Å². The zero-order chi connectivity index (χ0) is 13.1. The Balaban J connectivity index is 2.52. The van der Waals surface area contributed by atoms with Crippen LogP contribution < -0.4 is 16.0 Å². The fourth-order valence-electron chi connectivity index (χ4n) is 1.94. The van der Waals surface area contributed by atoms with E-state index in [0.29, 0.717) is 0 Å². The molecule has 0 aliphatic heterocycles. The smallest absolute Gasteiger partial charge is 0.127 e. The number of nitrogens with one attached hydrogen (secondary N) is 1. The second kappa shape index (κ2) is 5.43. The van der Waals surface area contributed by atoms with E-state index in [-0.39, 0.29) is 6.04 Å². The molecule has 0 bridgehead atoms. The highest BCUT2D eigenvalue weighted by molar-refractivity contribution is 6.99. The average molecular weight is 264 g/mol. The van der Waals surface area contributed by atoms with Crippen molar-refractivity contribution in [2.75, 3.05) is 7.11 Å². The van der Waals surface area contributed by atoms with Gasteiger partial charge >= 0.3 is 0 Å². The Labute approximate surface area is 110 Å². The summed E-state index contributed by atoms with van der Waals surface area (Å²) in [6, 6.07) is 3.85. The number of methoxy groups -OCH3 is 1. The van der Waals surface area contributed by atoms with Gasteiger partial charge in [0.25, 0.3) is 0 Å². The van der Waals surface area contributed by atoms with Gasteiger partial charge in [-0.15, -0.1) is 0 Å². The maximum Gasteiger partial charge on any atom is 0.127 e. The summed E-state index contributed by atoms with van der Waals surface area (Å²) in [5.74, 6) is 6.48. The largest absolute Gasteiger partial charge is 0.496 e. The molecule has 1 aromatic carbocycles. The highest BCUT2D eigenvalue weighted by Crippen LogP contribution is 2.33. The van der Waals surface area contributed by atoms with E-state index < -0.39 is 0 Å². The molecule has 5 nitrogen and oxygen atoms in total. The van der Waals surface area contributed by atoms with E-state index in [9.17, 15) is 0 Å². The van der Waals surface area contributed by atoms with Crippen LogP contribution in [0.1, 0.15) is 28.4 Å². The third kappa shape index (κ3) is 2.22. The van der Waals surface area contributed by atoms with E-state index in [1.807, 2.05) is 13.0 Å². The molecule has 2 aromatic rings. The van der Waals surface area contributed by atoms with Crippen molar-refractivity contribution >= 4 is 11.7 Å². The van der Waals surface area contributed by atoms with E-state index in [0.717, 1.165) is 34.3 Å². The molecule has 96 valence electrons. The van der Waals surface area contributed by atoms with Crippen molar-refractivity contribution in [3.8, 4) is 5.75 Å². The Morgan fingerprint density at radius 1 is 1.39 bits per heavy atom. The molecule has 18 heavy (non-hydrogen) atoms. The molecule has 0 radical (unpaired) electrons. The molecule has 1 aromatic heterocycles. The minimum absolute atomic E-state index is 0.210.